The van der Waals surface area contributed by atoms with Gasteiger partial charge in [0.1, 0.15) is 0 Å². The summed E-state index contributed by atoms with van der Waals surface area (Å²) in [6.07, 6.45) is 0. The van der Waals surface area contributed by atoms with Crippen LogP contribution in [0.15, 0.2) is 50.5 Å². The SMILES string of the molecule is O=c1c2ccc(Cl)cc2n2c3c(Br)cccc3c(=O)n12. The molecular formula is C14H6BrClN2O2. The molecule has 0 N–H and O–H groups in total. The molecule has 6 heteroatoms. The Kier molecular flexibility index (Phi) is 2.29. The largest absolute Gasteiger partial charge is 0.282 e. The number of hydrogen-bond acceptors (Lipinski definition) is 2. The van der Waals surface area contributed by atoms with Crippen molar-refractivity contribution in [2.24, 2.45) is 0 Å². The molecule has 0 aliphatic rings. The first-order chi connectivity index (χ1) is 9.59. The van der Waals surface area contributed by atoms with Gasteiger partial charge in [0, 0.05) is 9.50 Å². The van der Waals surface area contributed by atoms with E-state index in [9.17, 15) is 9.59 Å². The van der Waals surface area contributed by atoms with Crippen LogP contribution in [0.25, 0.3) is 21.8 Å². The van der Waals surface area contributed by atoms with Crippen molar-refractivity contribution in [3.05, 3.63) is 66.6 Å². The molecule has 0 aliphatic heterocycles. The van der Waals surface area contributed by atoms with Gasteiger partial charge in [-0.2, -0.15) is 4.52 Å². The van der Waals surface area contributed by atoms with Crippen LogP contribution < -0.4 is 11.1 Å². The first kappa shape index (κ1) is 11.9. The second kappa shape index (κ2) is 3.84. The second-order valence-electron chi connectivity index (χ2n) is 4.53. The molecule has 4 nitrogen and oxygen atoms in total. The summed E-state index contributed by atoms with van der Waals surface area (Å²) in [6, 6.07) is 10.3. The third-order valence-electron chi connectivity index (χ3n) is 3.43. The predicted octanol–water partition coefficient (Wildman–Crippen LogP) is 2.92. The highest BCUT2D eigenvalue weighted by molar-refractivity contribution is 9.10. The molecule has 4 rings (SSSR count). The summed E-state index contributed by atoms with van der Waals surface area (Å²) in [6.45, 7) is 0. The number of para-hydroxylation sites is 1. The number of rotatable bonds is 0. The van der Waals surface area contributed by atoms with Crippen LogP contribution in [-0.4, -0.2) is 9.03 Å². The lowest BCUT2D eigenvalue weighted by Crippen LogP contribution is -2.21. The third-order valence-corrected chi connectivity index (χ3v) is 4.31. The Bertz CT molecular complexity index is 1110. The number of halogens is 2. The minimum absolute atomic E-state index is 0.321. The van der Waals surface area contributed by atoms with Crippen LogP contribution in [0.3, 0.4) is 0 Å². The molecule has 0 bridgehead atoms. The zero-order valence-electron chi connectivity index (χ0n) is 9.93. The monoisotopic (exact) mass is 348 g/mol. The Balaban J connectivity index is 2.51. The van der Waals surface area contributed by atoms with Gasteiger partial charge in [0.2, 0.25) is 0 Å². The van der Waals surface area contributed by atoms with Crippen molar-refractivity contribution in [1.82, 2.24) is 9.03 Å². The van der Waals surface area contributed by atoms with Crippen LogP contribution >= 0.6 is 27.5 Å². The number of nitrogens with zero attached hydrogens (tertiary/aromatic N) is 2. The van der Waals surface area contributed by atoms with Crippen LogP contribution in [0.5, 0.6) is 0 Å². The molecule has 0 spiro atoms. The van der Waals surface area contributed by atoms with E-state index in [-0.39, 0.29) is 11.1 Å². The Hall–Kier alpha value is -1.85. The Morgan fingerprint density at radius 3 is 2.50 bits per heavy atom. The maximum Gasteiger partial charge on any atom is 0.282 e. The molecule has 20 heavy (non-hydrogen) atoms. The second-order valence-corrected chi connectivity index (χ2v) is 5.82. The van der Waals surface area contributed by atoms with E-state index in [0.717, 1.165) is 8.99 Å². The lowest BCUT2D eigenvalue weighted by atomic mass is 10.2. The summed E-state index contributed by atoms with van der Waals surface area (Å²) < 4.78 is 3.52. The van der Waals surface area contributed by atoms with Gasteiger partial charge >= 0.3 is 0 Å². The van der Waals surface area contributed by atoms with Gasteiger partial charge in [-0.15, -0.1) is 0 Å². The van der Waals surface area contributed by atoms with Crippen molar-refractivity contribution in [2.45, 2.75) is 0 Å². The average molecular weight is 350 g/mol. The first-order valence-corrected chi connectivity index (χ1v) is 7.03. The van der Waals surface area contributed by atoms with Crippen LogP contribution in [-0.2, 0) is 0 Å². The number of fused-ring (bicyclic) bond motifs is 5. The van der Waals surface area contributed by atoms with Gasteiger partial charge in [-0.05, 0) is 46.3 Å². The fraction of sp³-hybridized carbons (Fsp3) is 0. The van der Waals surface area contributed by atoms with Crippen LogP contribution in [0, 0.1) is 0 Å². The predicted molar refractivity (Wildman–Crippen MR) is 82.3 cm³/mol. The minimum atomic E-state index is -0.329. The van der Waals surface area contributed by atoms with Crippen molar-refractivity contribution in [3.63, 3.8) is 0 Å². The summed E-state index contributed by atoms with van der Waals surface area (Å²) in [5.41, 5.74) is 0.650. The fourth-order valence-corrected chi connectivity index (χ4v) is 3.29. The fourth-order valence-electron chi connectivity index (χ4n) is 2.59. The molecule has 2 heterocycles. The molecule has 0 atom stereocenters. The lowest BCUT2D eigenvalue weighted by molar-refractivity contribution is 0.840. The van der Waals surface area contributed by atoms with Gasteiger partial charge < -0.3 is 0 Å². The van der Waals surface area contributed by atoms with Crippen molar-refractivity contribution in [2.75, 3.05) is 0 Å². The summed E-state index contributed by atoms with van der Waals surface area (Å²) in [4.78, 5) is 24.8. The molecule has 0 amide bonds. The van der Waals surface area contributed by atoms with E-state index in [2.05, 4.69) is 15.9 Å². The summed E-state index contributed by atoms with van der Waals surface area (Å²) >= 11 is 9.45. The topological polar surface area (TPSA) is 43.0 Å². The highest BCUT2D eigenvalue weighted by Gasteiger charge is 2.18. The van der Waals surface area contributed by atoms with Crippen LogP contribution in [0.2, 0.25) is 5.02 Å². The minimum Gasteiger partial charge on any atom is -0.267 e. The van der Waals surface area contributed by atoms with Gasteiger partial charge in [-0.25, -0.2) is 4.52 Å². The summed E-state index contributed by atoms with van der Waals surface area (Å²) in [7, 11) is 0. The summed E-state index contributed by atoms with van der Waals surface area (Å²) in [5, 5.41) is 1.49. The standard InChI is InChI=1S/C14H6BrClN2O2/c15-10-3-1-2-9-12(10)17-11-6-7(16)4-5-8(11)13(19)18(17)14(9)20/h1-6H. The molecule has 0 unspecified atom stereocenters. The molecule has 0 fully saturated rings. The van der Waals surface area contributed by atoms with E-state index in [0.29, 0.717) is 26.8 Å². The van der Waals surface area contributed by atoms with Gasteiger partial charge in [-0.1, -0.05) is 17.7 Å². The van der Waals surface area contributed by atoms with Crippen LogP contribution in [0.4, 0.5) is 0 Å². The first-order valence-electron chi connectivity index (χ1n) is 5.86. The van der Waals surface area contributed by atoms with Crippen molar-refractivity contribution in [1.29, 1.82) is 0 Å². The summed E-state index contributed by atoms with van der Waals surface area (Å²) in [5.74, 6) is 0. The zero-order chi connectivity index (χ0) is 14.0. The van der Waals surface area contributed by atoms with E-state index in [1.807, 2.05) is 6.07 Å². The molecular weight excluding hydrogens is 344 g/mol. The highest BCUT2D eigenvalue weighted by atomic mass is 79.9. The van der Waals surface area contributed by atoms with E-state index >= 15 is 0 Å². The molecule has 0 aliphatic carbocycles. The normalized spacial score (nSPS) is 11.9. The third kappa shape index (κ3) is 1.31. The van der Waals surface area contributed by atoms with E-state index in [1.165, 1.54) is 0 Å². The molecule has 4 aromatic rings. The molecule has 0 radical (unpaired) electrons. The Morgan fingerprint density at radius 2 is 1.70 bits per heavy atom. The van der Waals surface area contributed by atoms with Crippen molar-refractivity contribution >= 4 is 49.3 Å². The lowest BCUT2D eigenvalue weighted by Gasteiger charge is -1.97. The average Bonchev–Trinajstić information content (AvgIpc) is 2.87. The maximum absolute atomic E-state index is 12.4. The molecule has 2 aromatic carbocycles. The smallest absolute Gasteiger partial charge is 0.267 e. The van der Waals surface area contributed by atoms with Gasteiger partial charge in [0.15, 0.2) is 0 Å². The van der Waals surface area contributed by atoms with Gasteiger partial charge in [0.25, 0.3) is 11.1 Å². The molecule has 2 aromatic heterocycles. The van der Waals surface area contributed by atoms with Crippen LogP contribution in [0.1, 0.15) is 0 Å². The molecule has 98 valence electrons. The van der Waals surface area contributed by atoms with Gasteiger partial charge in [-0.3, -0.25) is 9.59 Å². The number of benzene rings is 2. The van der Waals surface area contributed by atoms with E-state index < -0.39 is 0 Å². The highest BCUT2D eigenvalue weighted by Crippen LogP contribution is 2.25. The quantitative estimate of drug-likeness (QED) is 0.490. The van der Waals surface area contributed by atoms with Crippen molar-refractivity contribution < 1.29 is 0 Å². The number of hydrogen-bond donors (Lipinski definition) is 0. The Morgan fingerprint density at radius 1 is 0.950 bits per heavy atom. The molecule has 0 saturated carbocycles. The molecule has 0 saturated heterocycles. The van der Waals surface area contributed by atoms with E-state index in [4.69, 9.17) is 11.6 Å². The Labute approximate surface area is 125 Å². The zero-order valence-corrected chi connectivity index (χ0v) is 12.3. The van der Waals surface area contributed by atoms with Crippen molar-refractivity contribution in [3.8, 4) is 0 Å². The van der Waals surface area contributed by atoms with Gasteiger partial charge in [0.05, 0.1) is 21.8 Å². The maximum atomic E-state index is 12.4. The number of aromatic nitrogens is 2. The van der Waals surface area contributed by atoms with E-state index in [1.54, 1.807) is 34.8 Å².